The fourth-order valence-electron chi connectivity index (χ4n) is 20.2. The maximum atomic E-state index is 13.3. The third kappa shape index (κ3) is 16.4. The van der Waals surface area contributed by atoms with Crippen LogP contribution in [0.25, 0.3) is 32.3 Å². The molecule has 6 atom stereocenters. The largest absolute Gasteiger partial charge is 0.508 e. The molecule has 3 aromatic heterocycles. The Bertz CT molecular complexity index is 5400. The lowest BCUT2D eigenvalue weighted by Gasteiger charge is -2.41. The standard InChI is InChI=1S/C94H113N19O7/c1-9-86(115)105-37-41-107(42-38-105)89-77-29-34-109(56-80(77)95-92(98-89)119-60-69-48-66(54-103(69)7)65-47-63-19-11-13-22-73(63)84(51-65)110-35-31-79-82(57-110)97-94(118-59-68-21-17-33-102(68)6)100-91(79)112-45-46-113(62(3)53-112)87(116)10-2)83-28-27-72(75-24-15-16-25-76(75)83)67-49-70(104(8)55-67)61-120-93-96-81-58-111(85-52-71(114)50-64-20-12-14-23-74(64)85)36-30-78(81)90(99-93)108-43-39-106(40-44-108)88(117)26-18-32-101(4)5/h9-16,18-20,22-28,47,50-52,62,66-70,114H,1-2,17,21,29-46,48-49,53-61H2,3-8H3/b26-18+/t62-,66?,67?,68+,69+,70+/m1/s1. The molecule has 26 heteroatoms. The maximum Gasteiger partial charge on any atom is 0.318 e. The first kappa shape index (κ1) is 79.9. The predicted molar refractivity (Wildman–Crippen MR) is 473 cm³/mol. The van der Waals surface area contributed by atoms with E-state index in [1.807, 2.05) is 70.1 Å². The zero-order valence-electron chi connectivity index (χ0n) is 70.4. The van der Waals surface area contributed by atoms with Crippen LogP contribution in [0.4, 0.5) is 34.5 Å². The molecule has 0 bridgehead atoms. The minimum atomic E-state index is -0.0577. The Morgan fingerprint density at radius 3 is 1.50 bits per heavy atom. The van der Waals surface area contributed by atoms with Gasteiger partial charge in [-0.15, -0.1) is 0 Å². The number of carbonyl (C=O) groups excluding carboxylic acids is 3. The number of phenolic OH excluding ortho intramolecular Hbond substituents is 1. The second-order valence-electron chi connectivity index (χ2n) is 34.7. The number of hydrogen-bond acceptors (Lipinski definition) is 23. The highest BCUT2D eigenvalue weighted by Crippen LogP contribution is 2.45. The molecule has 6 aromatic carbocycles. The molecule has 18 rings (SSSR count). The van der Waals surface area contributed by atoms with Crippen molar-refractivity contribution in [2.45, 2.75) is 108 Å². The summed E-state index contributed by atoms with van der Waals surface area (Å²) in [5.41, 5.74) is 12.2. The molecule has 0 radical (unpaired) electrons. The first-order chi connectivity index (χ1) is 58.4. The SMILES string of the molecule is C=CC(=O)N1CCN(c2nc(OC[C@@H]3CC(c4cc(N5CCc6c(nc(OC[C@@H]7CCCN7C)nc6N6CCN(C(=O)C=C)[C@H](C)C6)C5)c5ccccc5c4)CN3C)nc3c2CCN(c2ccc(C4C[C@@H](COc5nc6c(c(N7CCN(C(=O)/C=C/CN(C)C)CC7)n5)CCN(c5cc(O)cc7ccccc57)C6)N(C)C4)c4ccccc24)C3)CC1. The molecule has 120 heavy (non-hydrogen) atoms. The highest BCUT2D eigenvalue weighted by atomic mass is 16.5. The van der Waals surface area contributed by atoms with Gasteiger partial charge in [0.15, 0.2) is 0 Å². The van der Waals surface area contributed by atoms with Crippen LogP contribution in [0, 0.1) is 0 Å². The monoisotopic (exact) mass is 1620 g/mol. The van der Waals surface area contributed by atoms with Crippen LogP contribution in [0.1, 0.15) is 89.3 Å². The highest BCUT2D eigenvalue weighted by Gasteiger charge is 2.39. The number of amides is 3. The fraction of sp³-hybridized carbons (Fsp3) is 0.457. The number of benzene rings is 6. The van der Waals surface area contributed by atoms with Gasteiger partial charge in [-0.1, -0.05) is 104 Å². The number of aromatic nitrogens is 6. The molecule has 0 aliphatic carbocycles. The van der Waals surface area contributed by atoms with Crippen LogP contribution in [-0.2, 0) is 53.3 Å². The average molecular weight is 1620 g/mol. The van der Waals surface area contributed by atoms with E-state index in [1.165, 1.54) is 50.5 Å². The smallest absolute Gasteiger partial charge is 0.318 e. The molecular weight excluding hydrogens is 1510 g/mol. The lowest BCUT2D eigenvalue weighted by atomic mass is 9.90. The zero-order valence-corrected chi connectivity index (χ0v) is 70.4. The lowest BCUT2D eigenvalue weighted by molar-refractivity contribution is -0.128. The van der Waals surface area contributed by atoms with Gasteiger partial charge >= 0.3 is 18.0 Å². The van der Waals surface area contributed by atoms with Crippen LogP contribution < -0.4 is 43.6 Å². The summed E-state index contributed by atoms with van der Waals surface area (Å²) >= 11 is 0. The van der Waals surface area contributed by atoms with Gasteiger partial charge in [-0.05, 0) is 163 Å². The van der Waals surface area contributed by atoms with Gasteiger partial charge in [0.1, 0.15) is 43.0 Å². The van der Waals surface area contributed by atoms with E-state index in [-0.39, 0.29) is 53.4 Å². The van der Waals surface area contributed by atoms with E-state index in [9.17, 15) is 19.5 Å². The van der Waals surface area contributed by atoms with Crippen molar-refractivity contribution in [3.8, 4) is 23.8 Å². The molecule has 2 unspecified atom stereocenters. The maximum absolute atomic E-state index is 13.3. The van der Waals surface area contributed by atoms with Crippen molar-refractivity contribution in [2.24, 2.45) is 0 Å². The van der Waals surface area contributed by atoms with Crippen LogP contribution >= 0.6 is 0 Å². The van der Waals surface area contributed by atoms with Crippen molar-refractivity contribution >= 4 is 84.6 Å². The van der Waals surface area contributed by atoms with Gasteiger partial charge in [0.05, 0.1) is 36.7 Å². The summed E-state index contributed by atoms with van der Waals surface area (Å²) < 4.78 is 20.4. The number of hydrogen-bond donors (Lipinski definition) is 1. The fourth-order valence-corrected chi connectivity index (χ4v) is 20.2. The first-order valence-corrected chi connectivity index (χ1v) is 43.3. The second kappa shape index (κ2) is 34.5. The van der Waals surface area contributed by atoms with Crippen LogP contribution in [0.2, 0.25) is 0 Å². The molecular formula is C94H113N19O7. The van der Waals surface area contributed by atoms with Crippen molar-refractivity contribution in [1.82, 2.24) is 64.2 Å². The Morgan fingerprint density at radius 1 is 0.475 bits per heavy atom. The Balaban J connectivity index is 0.570. The molecule has 1 N–H and O–H groups in total. The van der Waals surface area contributed by atoms with E-state index >= 15 is 0 Å². The number of phenols is 1. The summed E-state index contributed by atoms with van der Waals surface area (Å²) in [6.45, 7) is 25.3. The van der Waals surface area contributed by atoms with Gasteiger partial charge in [-0.3, -0.25) is 24.2 Å². The number of ether oxygens (including phenoxy) is 3. The Morgan fingerprint density at radius 2 is 0.958 bits per heavy atom. The third-order valence-electron chi connectivity index (χ3n) is 27.0. The van der Waals surface area contributed by atoms with Crippen molar-refractivity contribution in [2.75, 3.05) is 202 Å². The van der Waals surface area contributed by atoms with Gasteiger partial charge in [0.25, 0.3) is 0 Å². The molecule has 6 saturated heterocycles. The molecule has 6 fully saturated rings. The number of nitrogens with zero attached hydrogens (tertiary/aromatic N) is 19. The first-order valence-electron chi connectivity index (χ1n) is 43.3. The van der Waals surface area contributed by atoms with Crippen LogP contribution in [0.15, 0.2) is 147 Å². The number of carbonyl (C=O) groups is 3. The average Bonchev–Trinajstić information content (AvgIpc) is 1.26. The number of fused-ring (bicyclic) bond motifs is 6. The normalized spacial score (nSPS) is 22.0. The topological polar surface area (TPSA) is 219 Å². The van der Waals surface area contributed by atoms with Crippen molar-refractivity contribution in [1.29, 1.82) is 0 Å². The van der Waals surface area contributed by atoms with Crippen LogP contribution in [0.3, 0.4) is 0 Å². The van der Waals surface area contributed by atoms with E-state index in [1.54, 1.807) is 6.08 Å². The molecule has 626 valence electrons. The van der Waals surface area contributed by atoms with E-state index in [0.29, 0.717) is 148 Å². The third-order valence-corrected chi connectivity index (χ3v) is 27.0. The molecule has 26 nitrogen and oxygen atoms in total. The summed E-state index contributed by atoms with van der Waals surface area (Å²) in [6.07, 6.45) is 12.7. The van der Waals surface area contributed by atoms with E-state index in [0.717, 1.165) is 151 Å². The Labute approximate surface area is 703 Å². The molecule has 9 aliphatic heterocycles. The minimum Gasteiger partial charge on any atom is -0.508 e. The summed E-state index contributed by atoms with van der Waals surface area (Å²) in [6, 6.07) is 40.7. The summed E-state index contributed by atoms with van der Waals surface area (Å²) in [4.78, 5) is 100. The molecule has 0 saturated carbocycles. The number of rotatable bonds is 22. The van der Waals surface area contributed by atoms with Gasteiger partial charge < -0.3 is 73.2 Å². The zero-order chi connectivity index (χ0) is 82.4. The molecule has 3 amide bonds. The number of aromatic hydroxyl groups is 1. The highest BCUT2D eigenvalue weighted by molar-refractivity contribution is 5.99. The Kier molecular flexibility index (Phi) is 23.0. The number of likely N-dealkylation sites (tertiary alicyclic amines) is 3. The van der Waals surface area contributed by atoms with Gasteiger partial charge in [0, 0.05) is 197 Å². The van der Waals surface area contributed by atoms with Crippen LogP contribution in [0.5, 0.6) is 23.8 Å². The van der Waals surface area contributed by atoms with Gasteiger partial charge in [-0.25, -0.2) is 0 Å². The van der Waals surface area contributed by atoms with Crippen molar-refractivity contribution < 1.29 is 33.7 Å². The van der Waals surface area contributed by atoms with Crippen LogP contribution in [-0.4, -0.2) is 284 Å². The summed E-state index contributed by atoms with van der Waals surface area (Å²) in [5, 5.41) is 17.9. The van der Waals surface area contributed by atoms with E-state index in [2.05, 4.69) is 164 Å². The molecule has 12 heterocycles. The molecule has 9 aromatic rings. The van der Waals surface area contributed by atoms with E-state index in [4.69, 9.17) is 44.1 Å². The summed E-state index contributed by atoms with van der Waals surface area (Å²) in [5.74, 6) is 3.31. The number of likely N-dealkylation sites (N-methyl/N-ethyl adjacent to an activating group) is 4. The number of anilines is 6. The molecule has 0 spiro atoms. The van der Waals surface area contributed by atoms with Gasteiger partial charge in [-0.2, -0.15) is 29.9 Å². The van der Waals surface area contributed by atoms with Crippen molar-refractivity contribution in [3.63, 3.8) is 0 Å². The second-order valence-corrected chi connectivity index (χ2v) is 34.7. The number of piperazine rings is 3. The quantitative estimate of drug-likeness (QED) is 0.0624. The van der Waals surface area contributed by atoms with E-state index < -0.39 is 0 Å². The van der Waals surface area contributed by atoms with Gasteiger partial charge in [0.2, 0.25) is 17.7 Å². The minimum absolute atomic E-state index is 0.0113. The lowest BCUT2D eigenvalue weighted by Crippen LogP contribution is -2.54. The molecule has 9 aliphatic rings. The predicted octanol–water partition coefficient (Wildman–Crippen LogP) is 9.94. The Hall–Kier alpha value is -11.2. The summed E-state index contributed by atoms with van der Waals surface area (Å²) in [7, 11) is 10.6. The van der Waals surface area contributed by atoms with Crippen molar-refractivity contribution in [3.05, 3.63) is 192 Å².